The molecule has 0 bridgehead atoms. The molecule has 11 aromatic rings. The number of methoxy groups -OCH3 is 2. The highest BCUT2D eigenvalue weighted by Crippen LogP contribution is 2.54. The van der Waals surface area contributed by atoms with E-state index in [0.29, 0.717) is 32.8 Å². The number of phosphoric ester groups is 2. The lowest BCUT2D eigenvalue weighted by Gasteiger charge is -2.37. The number of rotatable bonds is 25. The van der Waals surface area contributed by atoms with Crippen LogP contribution >= 0.6 is 15.6 Å². The maximum absolute atomic E-state index is 15.4. The monoisotopic (exact) mass is 1480 g/mol. The molecule has 3 N–H and O–H groups in total. The van der Waals surface area contributed by atoms with Crippen LogP contribution in [0, 0.1) is 0 Å². The molecule has 5 heterocycles. The molecule has 2 aliphatic heterocycles. The number of imidazole rings is 1. The lowest BCUT2D eigenvalue weighted by atomic mass is 9.80. The fourth-order valence-electron chi connectivity index (χ4n) is 12.4. The molecule has 0 spiro atoms. The van der Waals surface area contributed by atoms with Crippen molar-refractivity contribution in [3.8, 4) is 11.5 Å². The van der Waals surface area contributed by atoms with Crippen molar-refractivity contribution in [2.24, 2.45) is 0 Å². The van der Waals surface area contributed by atoms with Gasteiger partial charge in [0.25, 0.3) is 23.3 Å². The number of phosphoric acid groups is 2. The molecule has 0 saturated carbocycles. The lowest BCUT2D eigenvalue weighted by molar-refractivity contribution is -0.0964. The highest BCUT2D eigenvalue weighted by Gasteiger charge is 2.56. The van der Waals surface area contributed by atoms with E-state index < -0.39 is 124 Å². The normalized spacial score (nSPS) is 19.2. The first-order chi connectivity index (χ1) is 51.2. The lowest BCUT2D eigenvalue weighted by Crippen LogP contribution is -2.46. The van der Waals surface area contributed by atoms with Gasteiger partial charge in [0.15, 0.2) is 41.6 Å². The Balaban J connectivity index is 0.910. The number of aromatic nitrogens is 6. The molecular weight excluding hydrogens is 1410 g/mol. The number of amides is 2. The summed E-state index contributed by atoms with van der Waals surface area (Å²) in [6, 6.07) is 61.0. The Morgan fingerprint density at radius 2 is 0.953 bits per heavy atom. The van der Waals surface area contributed by atoms with Gasteiger partial charge in [-0.1, -0.05) is 146 Å². The zero-order valence-electron chi connectivity index (χ0n) is 55.9. The van der Waals surface area contributed by atoms with Gasteiger partial charge < -0.3 is 47.8 Å². The molecule has 2 saturated heterocycles. The first-order valence-electron chi connectivity index (χ1n) is 32.6. The number of hydrogen-bond donors (Lipinski definition) is 3. The summed E-state index contributed by atoms with van der Waals surface area (Å²) in [6.07, 6.45) is -13.0. The molecule has 0 radical (unpaired) electrons. The summed E-state index contributed by atoms with van der Waals surface area (Å²) in [6.45, 7) is -1.97. The van der Waals surface area contributed by atoms with E-state index in [2.05, 4.69) is 15.0 Å². The summed E-state index contributed by atoms with van der Waals surface area (Å²) in [5, 5.41) is 0. The number of nitrogens with zero attached hydrogens (tertiary/aromatic N) is 7. The van der Waals surface area contributed by atoms with Crippen LogP contribution in [0.4, 0.5) is 5.82 Å². The second-order valence-electron chi connectivity index (χ2n) is 23.9. The van der Waals surface area contributed by atoms with Crippen molar-refractivity contribution in [2.45, 2.75) is 54.7 Å². The van der Waals surface area contributed by atoms with Crippen LogP contribution < -0.4 is 25.6 Å². The quantitative estimate of drug-likeness (QED) is 0.0207. The second kappa shape index (κ2) is 31.4. The average Bonchev–Trinajstić information content (AvgIpc) is 1.50. The Kier molecular flexibility index (Phi) is 21.6. The van der Waals surface area contributed by atoms with Crippen molar-refractivity contribution in [1.29, 1.82) is 0 Å². The van der Waals surface area contributed by atoms with Gasteiger partial charge in [-0.3, -0.25) is 41.9 Å². The largest absolute Gasteiger partial charge is 0.497 e. The predicted molar refractivity (Wildman–Crippen MR) is 375 cm³/mol. The molecule has 29 nitrogen and oxygen atoms in total. The number of carbonyl (C=O) groups is 5. The summed E-state index contributed by atoms with van der Waals surface area (Å²) < 4.78 is 92.1. The van der Waals surface area contributed by atoms with Gasteiger partial charge in [0, 0.05) is 29.0 Å². The number of ether oxygens (including phenoxy) is 7. The van der Waals surface area contributed by atoms with Gasteiger partial charge in [-0.05, 0) is 102 Å². The van der Waals surface area contributed by atoms with Crippen molar-refractivity contribution in [3.63, 3.8) is 0 Å². The molecule has 13 rings (SSSR count). The van der Waals surface area contributed by atoms with Crippen LogP contribution in [0.25, 0.3) is 11.2 Å². The van der Waals surface area contributed by atoms with Crippen LogP contribution in [-0.4, -0.2) is 137 Å². The second-order valence-corrected chi connectivity index (χ2v) is 26.5. The van der Waals surface area contributed by atoms with Gasteiger partial charge in [0.1, 0.15) is 47.8 Å². The fourth-order valence-corrected chi connectivity index (χ4v) is 13.9. The van der Waals surface area contributed by atoms with E-state index in [1.807, 2.05) is 0 Å². The Hall–Kier alpha value is -11.6. The third-order valence-electron chi connectivity index (χ3n) is 17.4. The van der Waals surface area contributed by atoms with Crippen molar-refractivity contribution < 1.29 is 94.5 Å². The highest BCUT2D eigenvalue weighted by atomic mass is 31.2. The van der Waals surface area contributed by atoms with E-state index in [4.69, 9.17) is 46.7 Å². The first-order valence-corrected chi connectivity index (χ1v) is 35.6. The molecule has 1 unspecified atom stereocenters. The van der Waals surface area contributed by atoms with Crippen LogP contribution in [0.5, 0.6) is 11.5 Å². The first kappa shape index (κ1) is 72.8. The van der Waals surface area contributed by atoms with Crippen LogP contribution in [0.15, 0.2) is 265 Å². The Bertz CT molecular complexity index is 5120. The van der Waals surface area contributed by atoms with E-state index in [-0.39, 0.29) is 49.4 Å². The summed E-state index contributed by atoms with van der Waals surface area (Å²) in [5.41, 5.74) is -3.25. The molecule has 31 heteroatoms. The van der Waals surface area contributed by atoms with Crippen LogP contribution in [-0.2, 0) is 52.0 Å². The SMILES string of the molecule is COc1ccc(C(OC[C@H]2O[C@@H](n3ccc(=O)n(C(=O)c4ccccc4)c3=O)[C@H](OP(=O)(O)O)[C@@H]2OP(=O)(O)OC[C@H]2O[C@@H](n3cnc4c(N(C(=O)c5ccccc5)C(=O)c5ccccc5)ncnc43)[C@H](OC(=O)c3ccccc3)[C@@H]2OC(=O)c2ccccc2)(c2ccccc2)c2ccc(OC)cc2)cc1. The van der Waals surface area contributed by atoms with E-state index in [1.54, 1.807) is 146 Å². The molecule has 2 amide bonds. The smallest absolute Gasteiger partial charge is 0.472 e. The number of benzene rings is 8. The van der Waals surface area contributed by atoms with Gasteiger partial charge >= 0.3 is 33.3 Å². The molecule has 2 aliphatic rings. The summed E-state index contributed by atoms with van der Waals surface area (Å²) in [5.74, 6) is -4.19. The third kappa shape index (κ3) is 15.3. The minimum atomic E-state index is -5.94. The molecule has 0 aliphatic carbocycles. The van der Waals surface area contributed by atoms with Gasteiger partial charge in [0.2, 0.25) is 0 Å². The zero-order valence-corrected chi connectivity index (χ0v) is 57.7. The van der Waals surface area contributed by atoms with Crippen LogP contribution in [0.3, 0.4) is 0 Å². The Morgan fingerprint density at radius 1 is 0.500 bits per heavy atom. The summed E-state index contributed by atoms with van der Waals surface area (Å²) in [4.78, 5) is 149. The number of anilines is 1. The molecule has 8 aromatic carbocycles. The standard InChI is InChI=1S/C75H63N7O22P2/c1-95-55-37-33-53(34-38-55)75(52-31-19-8-20-32-52,54-35-39-56(96-2)40-36-54)97-43-57-62(64(103-105(90,91)92)71(99-57)79-42-41-59(83)81(74(79)89)67(84)47-21-9-3-10-22-47)104-106(93,94)98-44-58-61(101-72(87)50-27-15-6-16-28-50)63(102-73(88)51-29-17-7-18-30-51)70(100-58)80-46-78-60-65(80)76-45-77-66(60)82(68(85)48-23-11-4-12-24-48)69(86)49-25-13-5-14-26-49/h3-42,45-46,57-58,61-64,70-71H,43-44H2,1-2H3,(H,93,94)(H2,90,91,92)/t57-,58-,61-,62-,63-,64-,70-,71-/m1/s1. The van der Waals surface area contributed by atoms with Gasteiger partial charge in [-0.15, -0.1) is 0 Å². The Labute approximate surface area is 602 Å². The summed E-state index contributed by atoms with van der Waals surface area (Å²) >= 11 is 0. The van der Waals surface area contributed by atoms with E-state index >= 15 is 4.57 Å². The number of carbonyl (C=O) groups excluding carboxylic acids is 5. The van der Waals surface area contributed by atoms with Crippen LogP contribution in [0.1, 0.15) is 80.9 Å². The van der Waals surface area contributed by atoms with Crippen molar-refractivity contribution in [3.05, 3.63) is 321 Å². The number of fused-ring (bicyclic) bond motifs is 1. The molecule has 2 fully saturated rings. The minimum Gasteiger partial charge on any atom is -0.497 e. The van der Waals surface area contributed by atoms with Crippen molar-refractivity contribution in [2.75, 3.05) is 32.3 Å². The van der Waals surface area contributed by atoms with Gasteiger partial charge in [-0.2, -0.15) is 4.57 Å². The Morgan fingerprint density at radius 3 is 1.45 bits per heavy atom. The summed E-state index contributed by atoms with van der Waals surface area (Å²) in [7, 11) is -8.89. The highest BCUT2D eigenvalue weighted by molar-refractivity contribution is 7.47. The molecule has 3 aromatic heterocycles. The maximum Gasteiger partial charge on any atom is 0.472 e. The topological polar surface area (TPSA) is 363 Å². The van der Waals surface area contributed by atoms with E-state index in [1.165, 1.54) is 104 Å². The number of imide groups is 1. The molecule has 106 heavy (non-hydrogen) atoms. The third-order valence-corrected chi connectivity index (χ3v) is 18.9. The van der Waals surface area contributed by atoms with Crippen molar-refractivity contribution >= 4 is 62.3 Å². The van der Waals surface area contributed by atoms with E-state index in [0.717, 1.165) is 29.8 Å². The number of hydrogen-bond acceptors (Lipinski definition) is 22. The molecule has 540 valence electrons. The number of esters is 2. The minimum absolute atomic E-state index is 0.00232. The zero-order chi connectivity index (χ0) is 74.3. The molecule has 9 atom stereocenters. The van der Waals surface area contributed by atoms with Gasteiger partial charge in [0.05, 0.1) is 44.9 Å². The van der Waals surface area contributed by atoms with E-state index in [9.17, 15) is 52.8 Å². The average molecular weight is 1480 g/mol. The molecular formula is C75H63N7O22P2. The van der Waals surface area contributed by atoms with Crippen molar-refractivity contribution in [1.82, 2.24) is 28.7 Å². The van der Waals surface area contributed by atoms with Crippen LogP contribution in [0.2, 0.25) is 0 Å². The maximum atomic E-state index is 15.4. The van der Waals surface area contributed by atoms with Gasteiger partial charge in [-0.25, -0.2) is 43.4 Å². The predicted octanol–water partition coefficient (Wildman–Crippen LogP) is 9.28. The fraction of sp³-hybridized carbons (Fsp3) is 0.173.